The van der Waals surface area contributed by atoms with Gasteiger partial charge in [0, 0.05) is 38.2 Å². The van der Waals surface area contributed by atoms with Gasteiger partial charge in [-0.3, -0.25) is 9.58 Å². The summed E-state index contributed by atoms with van der Waals surface area (Å²) in [6.45, 7) is 5.16. The van der Waals surface area contributed by atoms with Crippen molar-refractivity contribution in [1.29, 1.82) is 0 Å². The molecule has 2 rings (SSSR count). The lowest BCUT2D eigenvalue weighted by Gasteiger charge is -2.19. The van der Waals surface area contributed by atoms with Crippen molar-refractivity contribution in [3.63, 3.8) is 0 Å². The number of rotatable bonds is 7. The molecule has 0 saturated carbocycles. The second-order valence-electron chi connectivity index (χ2n) is 5.19. The summed E-state index contributed by atoms with van der Waals surface area (Å²) >= 11 is 0. The standard InChI is InChI=1S/C15H24N4O/c1-4-19-15-8-6-5-7-13(15)14(17-19)10-18(2)9-12(16)11-20-3/h5-8,12H,4,9-11,16H2,1-3H3. The fraction of sp³-hybridized carbons (Fsp3) is 0.533. The molecule has 0 spiro atoms. The molecule has 2 aromatic rings. The summed E-state index contributed by atoms with van der Waals surface area (Å²) in [5.41, 5.74) is 8.29. The lowest BCUT2D eigenvalue weighted by molar-refractivity contribution is 0.159. The van der Waals surface area contributed by atoms with E-state index < -0.39 is 0 Å². The first-order chi connectivity index (χ1) is 9.65. The van der Waals surface area contributed by atoms with Crippen molar-refractivity contribution in [2.45, 2.75) is 26.1 Å². The second kappa shape index (κ2) is 6.83. The molecule has 0 aliphatic rings. The van der Waals surface area contributed by atoms with Crippen LogP contribution in [0.4, 0.5) is 0 Å². The van der Waals surface area contributed by atoms with Crippen LogP contribution in [0.5, 0.6) is 0 Å². The monoisotopic (exact) mass is 276 g/mol. The Balaban J connectivity index is 2.13. The van der Waals surface area contributed by atoms with Crippen LogP contribution in [0.2, 0.25) is 0 Å². The van der Waals surface area contributed by atoms with Crippen molar-refractivity contribution < 1.29 is 4.74 Å². The van der Waals surface area contributed by atoms with E-state index in [1.165, 1.54) is 10.9 Å². The van der Waals surface area contributed by atoms with E-state index in [-0.39, 0.29) is 6.04 Å². The van der Waals surface area contributed by atoms with Crippen LogP contribution in [-0.2, 0) is 17.8 Å². The Morgan fingerprint density at radius 1 is 1.40 bits per heavy atom. The van der Waals surface area contributed by atoms with E-state index in [9.17, 15) is 0 Å². The van der Waals surface area contributed by atoms with Crippen LogP contribution in [-0.4, -0.2) is 48.0 Å². The molecule has 0 aliphatic heterocycles. The Bertz CT molecular complexity index is 552. The zero-order chi connectivity index (χ0) is 14.5. The molecule has 1 aromatic carbocycles. The number of hydrogen-bond donors (Lipinski definition) is 1. The minimum Gasteiger partial charge on any atom is -0.383 e. The second-order valence-corrected chi connectivity index (χ2v) is 5.19. The van der Waals surface area contributed by atoms with Crippen molar-refractivity contribution in [1.82, 2.24) is 14.7 Å². The minimum absolute atomic E-state index is 0.0320. The summed E-state index contributed by atoms with van der Waals surface area (Å²) in [4.78, 5) is 2.19. The van der Waals surface area contributed by atoms with Gasteiger partial charge in [-0.2, -0.15) is 5.10 Å². The van der Waals surface area contributed by atoms with Crippen molar-refractivity contribution in [3.8, 4) is 0 Å². The van der Waals surface area contributed by atoms with Crippen molar-refractivity contribution in [2.75, 3.05) is 27.3 Å². The van der Waals surface area contributed by atoms with Crippen LogP contribution >= 0.6 is 0 Å². The smallest absolute Gasteiger partial charge is 0.0843 e. The summed E-state index contributed by atoms with van der Waals surface area (Å²) in [5.74, 6) is 0. The van der Waals surface area contributed by atoms with Gasteiger partial charge in [0.15, 0.2) is 0 Å². The number of ether oxygens (including phenoxy) is 1. The number of nitrogens with zero attached hydrogens (tertiary/aromatic N) is 3. The number of para-hydroxylation sites is 1. The number of likely N-dealkylation sites (N-methyl/N-ethyl adjacent to an activating group) is 1. The molecule has 20 heavy (non-hydrogen) atoms. The minimum atomic E-state index is 0.0320. The van der Waals surface area contributed by atoms with Gasteiger partial charge in [-0.1, -0.05) is 18.2 Å². The number of fused-ring (bicyclic) bond motifs is 1. The van der Waals surface area contributed by atoms with Crippen molar-refractivity contribution >= 4 is 10.9 Å². The summed E-state index contributed by atoms with van der Waals surface area (Å²) in [7, 11) is 3.74. The van der Waals surface area contributed by atoms with Crippen LogP contribution in [0.25, 0.3) is 10.9 Å². The zero-order valence-electron chi connectivity index (χ0n) is 12.5. The average Bonchev–Trinajstić information content (AvgIpc) is 2.77. The molecular weight excluding hydrogens is 252 g/mol. The maximum Gasteiger partial charge on any atom is 0.0843 e. The van der Waals surface area contributed by atoms with Gasteiger partial charge in [-0.25, -0.2) is 0 Å². The highest BCUT2D eigenvalue weighted by molar-refractivity contribution is 5.81. The van der Waals surface area contributed by atoms with Crippen LogP contribution in [0, 0.1) is 0 Å². The number of aryl methyl sites for hydroxylation is 1. The van der Waals surface area contributed by atoms with Gasteiger partial charge in [0.05, 0.1) is 17.8 Å². The molecule has 1 aromatic heterocycles. The zero-order valence-corrected chi connectivity index (χ0v) is 12.5. The Kier molecular flexibility index (Phi) is 5.11. The Labute approximate surface area is 120 Å². The van der Waals surface area contributed by atoms with Gasteiger partial charge in [-0.05, 0) is 20.0 Å². The molecule has 0 bridgehead atoms. The van der Waals surface area contributed by atoms with Gasteiger partial charge in [0.1, 0.15) is 0 Å². The van der Waals surface area contributed by atoms with Crippen LogP contribution < -0.4 is 5.73 Å². The topological polar surface area (TPSA) is 56.3 Å². The SMILES string of the molecule is CCn1nc(CN(C)CC(N)COC)c2ccccc21. The lowest BCUT2D eigenvalue weighted by Crippen LogP contribution is -2.38. The number of hydrogen-bond acceptors (Lipinski definition) is 4. The molecule has 1 atom stereocenters. The predicted octanol–water partition coefficient (Wildman–Crippen LogP) is 1.46. The molecule has 0 fully saturated rings. The molecule has 5 nitrogen and oxygen atoms in total. The average molecular weight is 276 g/mol. The predicted molar refractivity (Wildman–Crippen MR) is 81.6 cm³/mol. The first-order valence-corrected chi connectivity index (χ1v) is 7.03. The molecule has 0 amide bonds. The van der Waals surface area contributed by atoms with Gasteiger partial charge in [-0.15, -0.1) is 0 Å². The van der Waals surface area contributed by atoms with Crippen LogP contribution in [0.15, 0.2) is 24.3 Å². The van der Waals surface area contributed by atoms with Crippen LogP contribution in [0.3, 0.4) is 0 Å². The molecule has 1 unspecified atom stereocenters. The lowest BCUT2D eigenvalue weighted by atomic mass is 10.2. The normalized spacial score (nSPS) is 13.2. The third-order valence-electron chi connectivity index (χ3n) is 3.38. The molecule has 5 heteroatoms. The van der Waals surface area contributed by atoms with Gasteiger partial charge < -0.3 is 10.5 Å². The highest BCUT2D eigenvalue weighted by atomic mass is 16.5. The summed E-state index contributed by atoms with van der Waals surface area (Å²) in [6, 6.07) is 8.39. The van der Waals surface area contributed by atoms with E-state index in [1.54, 1.807) is 7.11 Å². The third kappa shape index (κ3) is 3.36. The molecule has 110 valence electrons. The fourth-order valence-corrected chi connectivity index (χ4v) is 2.54. The Hall–Kier alpha value is -1.43. The van der Waals surface area contributed by atoms with E-state index in [4.69, 9.17) is 15.6 Å². The number of benzene rings is 1. The summed E-state index contributed by atoms with van der Waals surface area (Å²) in [6.07, 6.45) is 0. The number of aromatic nitrogens is 2. The number of methoxy groups -OCH3 is 1. The van der Waals surface area contributed by atoms with Gasteiger partial charge in [0.2, 0.25) is 0 Å². The van der Waals surface area contributed by atoms with Gasteiger partial charge in [0.25, 0.3) is 0 Å². The third-order valence-corrected chi connectivity index (χ3v) is 3.38. The maximum atomic E-state index is 5.99. The molecule has 0 radical (unpaired) electrons. The van der Waals surface area contributed by atoms with E-state index in [0.29, 0.717) is 6.61 Å². The fourth-order valence-electron chi connectivity index (χ4n) is 2.54. The Morgan fingerprint density at radius 3 is 2.85 bits per heavy atom. The van der Waals surface area contributed by atoms with E-state index in [1.807, 2.05) is 4.68 Å². The molecule has 2 N–H and O–H groups in total. The van der Waals surface area contributed by atoms with Crippen molar-refractivity contribution in [3.05, 3.63) is 30.0 Å². The summed E-state index contributed by atoms with van der Waals surface area (Å²) < 4.78 is 7.12. The first-order valence-electron chi connectivity index (χ1n) is 7.03. The highest BCUT2D eigenvalue weighted by Gasteiger charge is 2.13. The molecule has 0 saturated heterocycles. The van der Waals surface area contributed by atoms with E-state index in [2.05, 4.69) is 43.1 Å². The largest absolute Gasteiger partial charge is 0.383 e. The summed E-state index contributed by atoms with van der Waals surface area (Å²) in [5, 5.41) is 5.93. The Morgan fingerprint density at radius 2 is 2.15 bits per heavy atom. The van der Waals surface area contributed by atoms with E-state index in [0.717, 1.165) is 25.3 Å². The molecular formula is C15H24N4O. The first kappa shape index (κ1) is 15.0. The van der Waals surface area contributed by atoms with Gasteiger partial charge >= 0.3 is 0 Å². The maximum absolute atomic E-state index is 5.99. The highest BCUT2D eigenvalue weighted by Crippen LogP contribution is 2.19. The quantitative estimate of drug-likeness (QED) is 0.832. The number of nitrogens with two attached hydrogens (primary N) is 1. The van der Waals surface area contributed by atoms with Crippen molar-refractivity contribution in [2.24, 2.45) is 5.73 Å². The molecule has 0 aliphatic carbocycles. The van der Waals surface area contributed by atoms with E-state index >= 15 is 0 Å². The van der Waals surface area contributed by atoms with Crippen LogP contribution in [0.1, 0.15) is 12.6 Å². The molecule has 1 heterocycles.